The lowest BCUT2D eigenvalue weighted by Gasteiger charge is -2.35. The Hall–Kier alpha value is -1.80. The summed E-state index contributed by atoms with van der Waals surface area (Å²) < 4.78 is 41.7. The SMILES string of the molecule is O=S(=O)(Cc1cccc(F)c1)NC1CC(Cn2cncn2)C1. The average molecular weight is 324 g/mol. The van der Waals surface area contributed by atoms with E-state index in [4.69, 9.17) is 0 Å². The van der Waals surface area contributed by atoms with Crippen LogP contribution in [0.2, 0.25) is 0 Å². The van der Waals surface area contributed by atoms with E-state index in [2.05, 4.69) is 14.8 Å². The summed E-state index contributed by atoms with van der Waals surface area (Å²) in [6.07, 6.45) is 4.70. The zero-order valence-electron chi connectivity index (χ0n) is 11.9. The van der Waals surface area contributed by atoms with Crippen molar-refractivity contribution in [3.8, 4) is 0 Å². The number of halogens is 1. The lowest BCUT2D eigenvalue weighted by molar-refractivity contribution is 0.213. The first-order chi connectivity index (χ1) is 10.5. The lowest BCUT2D eigenvalue weighted by atomic mass is 9.81. The summed E-state index contributed by atoms with van der Waals surface area (Å²) in [5.74, 6) is -0.220. The minimum absolute atomic E-state index is 0.0490. The molecule has 0 spiro atoms. The molecule has 0 radical (unpaired) electrons. The molecule has 1 N–H and O–H groups in total. The van der Waals surface area contributed by atoms with E-state index in [0.717, 1.165) is 19.4 Å². The second-order valence-corrected chi connectivity index (χ2v) is 7.41. The second kappa shape index (κ2) is 6.13. The van der Waals surface area contributed by atoms with Crippen LogP contribution in [0.3, 0.4) is 0 Å². The number of hydrogen-bond donors (Lipinski definition) is 1. The molecule has 0 bridgehead atoms. The highest BCUT2D eigenvalue weighted by molar-refractivity contribution is 7.88. The molecule has 0 atom stereocenters. The van der Waals surface area contributed by atoms with Gasteiger partial charge in [-0.1, -0.05) is 12.1 Å². The van der Waals surface area contributed by atoms with Gasteiger partial charge in [0.2, 0.25) is 10.0 Å². The van der Waals surface area contributed by atoms with Gasteiger partial charge in [-0.05, 0) is 36.5 Å². The standard InChI is InChI=1S/C14H17FN4O2S/c15-13-3-1-2-11(4-13)8-22(20,21)18-14-5-12(6-14)7-19-10-16-9-17-19/h1-4,9-10,12,14,18H,5-8H2. The summed E-state index contributed by atoms with van der Waals surface area (Å²) in [4.78, 5) is 3.88. The Kier molecular flexibility index (Phi) is 4.21. The molecule has 0 amide bonds. The monoisotopic (exact) mass is 324 g/mol. The zero-order valence-corrected chi connectivity index (χ0v) is 12.7. The van der Waals surface area contributed by atoms with Crippen LogP contribution in [-0.4, -0.2) is 29.2 Å². The molecule has 3 rings (SSSR count). The number of nitrogens with one attached hydrogen (secondary N) is 1. The first-order valence-electron chi connectivity index (χ1n) is 7.07. The maximum atomic E-state index is 13.1. The Morgan fingerprint density at radius 3 is 2.86 bits per heavy atom. The number of sulfonamides is 1. The Labute approximate surface area is 128 Å². The maximum absolute atomic E-state index is 13.1. The van der Waals surface area contributed by atoms with E-state index in [9.17, 15) is 12.8 Å². The predicted octanol–water partition coefficient (Wildman–Crippen LogP) is 1.32. The number of rotatable bonds is 6. The van der Waals surface area contributed by atoms with Gasteiger partial charge in [0.25, 0.3) is 0 Å². The van der Waals surface area contributed by atoms with Gasteiger partial charge < -0.3 is 0 Å². The van der Waals surface area contributed by atoms with Gasteiger partial charge >= 0.3 is 0 Å². The third-order valence-electron chi connectivity index (χ3n) is 3.74. The molecule has 8 heteroatoms. The molecule has 1 heterocycles. The molecule has 1 aliphatic rings. The van der Waals surface area contributed by atoms with Crippen molar-refractivity contribution in [2.75, 3.05) is 0 Å². The highest BCUT2D eigenvalue weighted by Crippen LogP contribution is 2.29. The summed E-state index contributed by atoms with van der Waals surface area (Å²) in [7, 11) is -3.45. The molecular weight excluding hydrogens is 307 g/mol. The molecule has 1 saturated carbocycles. The molecule has 118 valence electrons. The van der Waals surface area contributed by atoms with Crippen molar-refractivity contribution in [1.82, 2.24) is 19.5 Å². The summed E-state index contributed by atoms with van der Waals surface area (Å²) in [6.45, 7) is 0.752. The molecule has 1 fully saturated rings. The lowest BCUT2D eigenvalue weighted by Crippen LogP contribution is -2.45. The third-order valence-corrected chi connectivity index (χ3v) is 5.15. The first kappa shape index (κ1) is 15.1. The van der Waals surface area contributed by atoms with E-state index in [1.54, 1.807) is 17.1 Å². The van der Waals surface area contributed by atoms with Crippen molar-refractivity contribution in [3.63, 3.8) is 0 Å². The molecule has 0 saturated heterocycles. The van der Waals surface area contributed by atoms with Gasteiger partial charge in [0, 0.05) is 12.6 Å². The van der Waals surface area contributed by atoms with Crippen molar-refractivity contribution >= 4 is 10.0 Å². The molecule has 0 aliphatic heterocycles. The number of hydrogen-bond acceptors (Lipinski definition) is 4. The molecule has 6 nitrogen and oxygen atoms in total. The molecule has 1 aromatic heterocycles. The normalized spacial score (nSPS) is 21.5. The highest BCUT2D eigenvalue weighted by Gasteiger charge is 2.32. The molecule has 22 heavy (non-hydrogen) atoms. The number of aromatic nitrogens is 3. The van der Waals surface area contributed by atoms with Crippen molar-refractivity contribution in [1.29, 1.82) is 0 Å². The minimum atomic E-state index is -3.45. The van der Waals surface area contributed by atoms with E-state index >= 15 is 0 Å². The fourth-order valence-corrected chi connectivity index (χ4v) is 4.12. The topological polar surface area (TPSA) is 76.9 Å². The molecule has 1 aromatic carbocycles. The van der Waals surface area contributed by atoms with Crippen LogP contribution in [0.5, 0.6) is 0 Å². The fourth-order valence-electron chi connectivity index (χ4n) is 2.71. The van der Waals surface area contributed by atoms with E-state index in [1.165, 1.54) is 24.5 Å². The van der Waals surface area contributed by atoms with E-state index in [0.29, 0.717) is 11.5 Å². The van der Waals surface area contributed by atoms with Crippen LogP contribution in [0.25, 0.3) is 0 Å². The maximum Gasteiger partial charge on any atom is 0.216 e. The van der Waals surface area contributed by atoms with Crippen molar-refractivity contribution in [2.45, 2.75) is 31.2 Å². The van der Waals surface area contributed by atoms with Gasteiger partial charge in [-0.2, -0.15) is 5.10 Å². The molecule has 2 aromatic rings. The summed E-state index contributed by atoms with van der Waals surface area (Å²) in [5.41, 5.74) is 0.450. The Balaban J connectivity index is 1.49. The Bertz CT molecular complexity index is 727. The van der Waals surface area contributed by atoms with Crippen LogP contribution in [-0.2, 0) is 22.3 Å². The number of benzene rings is 1. The van der Waals surface area contributed by atoms with Crippen LogP contribution < -0.4 is 4.72 Å². The predicted molar refractivity (Wildman–Crippen MR) is 78.7 cm³/mol. The van der Waals surface area contributed by atoms with Gasteiger partial charge in [-0.15, -0.1) is 0 Å². The van der Waals surface area contributed by atoms with Crippen LogP contribution >= 0.6 is 0 Å². The first-order valence-corrected chi connectivity index (χ1v) is 8.72. The van der Waals surface area contributed by atoms with Crippen molar-refractivity contribution in [2.24, 2.45) is 5.92 Å². The van der Waals surface area contributed by atoms with Crippen LogP contribution in [0, 0.1) is 11.7 Å². The van der Waals surface area contributed by atoms with Gasteiger partial charge in [0.05, 0.1) is 5.75 Å². The second-order valence-electron chi connectivity index (χ2n) is 5.66. The van der Waals surface area contributed by atoms with E-state index in [-0.39, 0.29) is 11.8 Å². The van der Waals surface area contributed by atoms with Crippen molar-refractivity contribution < 1.29 is 12.8 Å². The largest absolute Gasteiger partial charge is 0.253 e. The number of nitrogens with zero attached hydrogens (tertiary/aromatic N) is 3. The highest BCUT2D eigenvalue weighted by atomic mass is 32.2. The van der Waals surface area contributed by atoms with Crippen LogP contribution in [0.1, 0.15) is 18.4 Å². The summed E-state index contributed by atoms with van der Waals surface area (Å²) >= 11 is 0. The van der Waals surface area contributed by atoms with Gasteiger partial charge in [0.15, 0.2) is 0 Å². The van der Waals surface area contributed by atoms with Gasteiger partial charge in [-0.25, -0.2) is 22.5 Å². The van der Waals surface area contributed by atoms with Gasteiger partial charge in [0.1, 0.15) is 18.5 Å². The zero-order chi connectivity index (χ0) is 15.6. The van der Waals surface area contributed by atoms with Gasteiger partial charge in [-0.3, -0.25) is 4.68 Å². The average Bonchev–Trinajstić information content (AvgIpc) is 2.88. The van der Waals surface area contributed by atoms with Crippen molar-refractivity contribution in [3.05, 3.63) is 48.3 Å². The summed E-state index contributed by atoms with van der Waals surface area (Å²) in [5, 5.41) is 4.03. The quantitative estimate of drug-likeness (QED) is 0.869. The molecule has 1 aliphatic carbocycles. The fraction of sp³-hybridized carbons (Fsp3) is 0.429. The smallest absolute Gasteiger partial charge is 0.216 e. The molecular formula is C14H17FN4O2S. The Morgan fingerprint density at radius 1 is 1.36 bits per heavy atom. The minimum Gasteiger partial charge on any atom is -0.253 e. The van der Waals surface area contributed by atoms with E-state index < -0.39 is 15.8 Å². The summed E-state index contributed by atoms with van der Waals surface area (Å²) in [6, 6.07) is 5.61. The van der Waals surface area contributed by atoms with Crippen LogP contribution in [0.4, 0.5) is 4.39 Å². The van der Waals surface area contributed by atoms with E-state index in [1.807, 2.05) is 0 Å². The molecule has 0 unspecified atom stereocenters. The van der Waals surface area contributed by atoms with Crippen LogP contribution in [0.15, 0.2) is 36.9 Å². The Morgan fingerprint density at radius 2 is 2.18 bits per heavy atom. The third kappa shape index (κ3) is 3.89.